The van der Waals surface area contributed by atoms with E-state index in [1.54, 1.807) is 18.3 Å². The zero-order chi connectivity index (χ0) is 19.8. The Balaban J connectivity index is 1.70. The molecule has 2 unspecified atom stereocenters. The average Bonchev–Trinajstić information content (AvgIpc) is 3.47. The molecule has 136 valence electrons. The van der Waals surface area contributed by atoms with E-state index in [1.165, 1.54) is 0 Å². The Hall–Kier alpha value is -3.41. The third-order valence-electron chi connectivity index (χ3n) is 5.00. The number of pyridine rings is 1. The first-order valence-electron chi connectivity index (χ1n) is 8.81. The van der Waals surface area contributed by atoms with E-state index in [-0.39, 0.29) is 17.7 Å². The molecular formula is C22H15ClN4O. The van der Waals surface area contributed by atoms with Crippen LogP contribution >= 0.6 is 11.6 Å². The number of nitrogens with zero attached hydrogens (tertiary/aromatic N) is 3. The highest BCUT2D eigenvalue weighted by molar-refractivity contribution is 6.36. The molecule has 0 spiro atoms. The van der Waals surface area contributed by atoms with E-state index in [0.29, 0.717) is 22.8 Å². The highest BCUT2D eigenvalue weighted by Gasteiger charge is 2.43. The van der Waals surface area contributed by atoms with Crippen molar-refractivity contribution in [2.45, 2.75) is 13.3 Å². The van der Waals surface area contributed by atoms with Gasteiger partial charge in [0.15, 0.2) is 0 Å². The second kappa shape index (κ2) is 6.96. The number of anilines is 1. The predicted molar refractivity (Wildman–Crippen MR) is 107 cm³/mol. The van der Waals surface area contributed by atoms with E-state index in [9.17, 15) is 4.79 Å². The van der Waals surface area contributed by atoms with Crippen LogP contribution in [0.4, 0.5) is 5.82 Å². The number of benzene rings is 2. The Bertz CT molecular complexity index is 1210. The molecule has 0 bridgehead atoms. The van der Waals surface area contributed by atoms with E-state index in [2.05, 4.69) is 22.4 Å². The van der Waals surface area contributed by atoms with Gasteiger partial charge in [0.25, 0.3) is 0 Å². The smallest absolute Gasteiger partial charge is 0.230 e. The molecule has 5 nitrogen and oxygen atoms in total. The maximum atomic E-state index is 12.2. The minimum Gasteiger partial charge on any atom is -0.310 e. The molecule has 1 fully saturated rings. The van der Waals surface area contributed by atoms with Crippen molar-refractivity contribution in [2.75, 3.05) is 5.32 Å². The van der Waals surface area contributed by atoms with Crippen LogP contribution < -0.4 is 5.32 Å². The maximum absolute atomic E-state index is 12.2. The summed E-state index contributed by atoms with van der Waals surface area (Å²) in [6.45, 7) is 1.95. The first-order valence-corrected chi connectivity index (χ1v) is 9.19. The van der Waals surface area contributed by atoms with Crippen molar-refractivity contribution in [1.82, 2.24) is 4.98 Å². The molecule has 3 aromatic rings. The van der Waals surface area contributed by atoms with Crippen molar-refractivity contribution in [1.29, 1.82) is 10.5 Å². The summed E-state index contributed by atoms with van der Waals surface area (Å²) in [5, 5.41) is 22.9. The largest absolute Gasteiger partial charge is 0.310 e. The molecule has 6 heteroatoms. The fraction of sp³-hybridized carbons (Fsp3) is 0.182. The maximum Gasteiger partial charge on any atom is 0.230 e. The molecular weight excluding hydrogens is 372 g/mol. The third-order valence-corrected chi connectivity index (χ3v) is 5.31. The number of aromatic nitrogens is 1. The quantitative estimate of drug-likeness (QED) is 0.697. The monoisotopic (exact) mass is 386 g/mol. The van der Waals surface area contributed by atoms with Gasteiger partial charge in [-0.3, -0.25) is 4.79 Å². The van der Waals surface area contributed by atoms with E-state index in [4.69, 9.17) is 22.1 Å². The van der Waals surface area contributed by atoms with Crippen molar-refractivity contribution in [2.24, 2.45) is 11.8 Å². The Morgan fingerprint density at radius 1 is 1.25 bits per heavy atom. The van der Waals surface area contributed by atoms with Gasteiger partial charge < -0.3 is 5.32 Å². The van der Waals surface area contributed by atoms with E-state index in [0.717, 1.165) is 27.5 Å². The zero-order valence-electron chi connectivity index (χ0n) is 15.0. The summed E-state index contributed by atoms with van der Waals surface area (Å²) in [5.74, 6) is -0.186. The molecule has 1 heterocycles. The van der Waals surface area contributed by atoms with Gasteiger partial charge in [0, 0.05) is 11.6 Å². The molecule has 1 aliphatic rings. The number of carbonyl (C=O) groups excluding carboxylic acids is 1. The van der Waals surface area contributed by atoms with Gasteiger partial charge in [0.05, 0.1) is 34.6 Å². The second-order valence-electron chi connectivity index (χ2n) is 6.96. The van der Waals surface area contributed by atoms with Crippen LogP contribution in [-0.4, -0.2) is 10.9 Å². The minimum atomic E-state index is -0.251. The van der Waals surface area contributed by atoms with Gasteiger partial charge >= 0.3 is 0 Å². The van der Waals surface area contributed by atoms with Crippen molar-refractivity contribution in [3.8, 4) is 23.3 Å². The molecule has 2 atom stereocenters. The SMILES string of the molecule is Cc1cc(C#N)ccc1-c1cc(Cl)c2cnc(NC(=O)C3CC3C#N)cc2c1. The summed E-state index contributed by atoms with van der Waals surface area (Å²) < 4.78 is 0. The highest BCUT2D eigenvalue weighted by Crippen LogP contribution is 2.39. The molecule has 1 saturated carbocycles. The van der Waals surface area contributed by atoms with Crippen molar-refractivity contribution >= 4 is 34.1 Å². The number of fused-ring (bicyclic) bond motifs is 1. The number of aryl methyl sites for hydroxylation is 1. The van der Waals surface area contributed by atoms with Crippen LogP contribution in [0.3, 0.4) is 0 Å². The van der Waals surface area contributed by atoms with Gasteiger partial charge in [0.2, 0.25) is 5.91 Å². The Kier molecular flexibility index (Phi) is 4.47. The normalized spacial score (nSPS) is 17.6. The standard InChI is InChI=1S/C22H15ClN4O/c1-12-4-13(9-24)2-3-17(12)14-5-15-8-21(26-11-19(15)20(23)7-14)27-22(28)18-6-16(18)10-25/h2-5,7-8,11,16,18H,6H2,1H3,(H,26,27,28). The van der Waals surface area contributed by atoms with Crippen LogP contribution in [0.25, 0.3) is 21.9 Å². The molecule has 28 heavy (non-hydrogen) atoms. The molecule has 1 amide bonds. The topological polar surface area (TPSA) is 89.6 Å². The third kappa shape index (κ3) is 3.29. The second-order valence-corrected chi connectivity index (χ2v) is 7.36. The summed E-state index contributed by atoms with van der Waals surface area (Å²) in [4.78, 5) is 16.5. The van der Waals surface area contributed by atoms with Crippen LogP contribution in [0.5, 0.6) is 0 Å². The van der Waals surface area contributed by atoms with Gasteiger partial charge in [-0.25, -0.2) is 4.98 Å². The van der Waals surface area contributed by atoms with E-state index < -0.39 is 0 Å². The number of hydrogen-bond acceptors (Lipinski definition) is 4. The summed E-state index contributed by atoms with van der Waals surface area (Å²) >= 11 is 6.46. The van der Waals surface area contributed by atoms with Gasteiger partial charge in [-0.1, -0.05) is 17.7 Å². The predicted octanol–water partition coefficient (Wildman–Crippen LogP) is 4.83. The van der Waals surface area contributed by atoms with Crippen molar-refractivity contribution in [3.63, 3.8) is 0 Å². The van der Waals surface area contributed by atoms with Crippen molar-refractivity contribution < 1.29 is 4.79 Å². The minimum absolute atomic E-state index is 0.177. The van der Waals surface area contributed by atoms with Crippen LogP contribution in [0.15, 0.2) is 42.6 Å². The molecule has 1 aromatic heterocycles. The van der Waals surface area contributed by atoms with Crippen LogP contribution in [0.2, 0.25) is 5.02 Å². The number of amides is 1. The fourth-order valence-corrected chi connectivity index (χ4v) is 3.62. The van der Waals surface area contributed by atoms with Gasteiger partial charge in [0.1, 0.15) is 5.82 Å². The lowest BCUT2D eigenvalue weighted by Gasteiger charge is -2.11. The molecule has 0 radical (unpaired) electrons. The first kappa shape index (κ1) is 18.0. The Labute approximate surface area is 167 Å². The number of carbonyl (C=O) groups is 1. The van der Waals surface area contributed by atoms with Crippen LogP contribution in [-0.2, 0) is 4.79 Å². The number of hydrogen-bond donors (Lipinski definition) is 1. The Morgan fingerprint density at radius 3 is 2.75 bits per heavy atom. The Morgan fingerprint density at radius 2 is 2.07 bits per heavy atom. The van der Waals surface area contributed by atoms with Crippen LogP contribution in [0, 0.1) is 41.4 Å². The lowest BCUT2D eigenvalue weighted by atomic mass is 9.97. The van der Waals surface area contributed by atoms with E-state index >= 15 is 0 Å². The summed E-state index contributed by atoms with van der Waals surface area (Å²) in [7, 11) is 0. The number of rotatable bonds is 3. The first-order chi connectivity index (χ1) is 13.5. The molecule has 1 aliphatic carbocycles. The molecule has 0 aliphatic heterocycles. The number of halogens is 1. The highest BCUT2D eigenvalue weighted by atomic mass is 35.5. The summed E-state index contributed by atoms with van der Waals surface area (Å²) in [5.41, 5.74) is 3.50. The molecule has 4 rings (SSSR count). The number of nitriles is 2. The average molecular weight is 387 g/mol. The van der Waals surface area contributed by atoms with Crippen LogP contribution in [0.1, 0.15) is 17.5 Å². The van der Waals surface area contributed by atoms with Crippen molar-refractivity contribution in [3.05, 3.63) is 58.7 Å². The fourth-order valence-electron chi connectivity index (χ4n) is 3.34. The lowest BCUT2D eigenvalue weighted by Crippen LogP contribution is -2.15. The summed E-state index contributed by atoms with van der Waals surface area (Å²) in [6, 6.07) is 15.4. The van der Waals surface area contributed by atoms with Gasteiger partial charge in [-0.2, -0.15) is 10.5 Å². The van der Waals surface area contributed by atoms with E-state index in [1.807, 2.05) is 31.2 Å². The number of nitrogens with one attached hydrogen (secondary N) is 1. The lowest BCUT2D eigenvalue weighted by molar-refractivity contribution is -0.117. The molecule has 2 aromatic carbocycles. The summed E-state index contributed by atoms with van der Waals surface area (Å²) in [6.07, 6.45) is 2.24. The molecule has 0 saturated heterocycles. The van der Waals surface area contributed by atoms with Gasteiger partial charge in [-0.05, 0) is 65.8 Å². The zero-order valence-corrected chi connectivity index (χ0v) is 15.8. The molecule has 1 N–H and O–H groups in total. The van der Waals surface area contributed by atoms with Gasteiger partial charge in [-0.15, -0.1) is 0 Å².